The van der Waals surface area contributed by atoms with Gasteiger partial charge in [-0.15, -0.1) is 0 Å². The van der Waals surface area contributed by atoms with Crippen molar-refractivity contribution >= 4 is 5.91 Å². The number of carbonyl (C=O) groups excluding carboxylic acids is 1. The molecule has 1 saturated carbocycles. The first-order valence-corrected chi connectivity index (χ1v) is 10.2. The van der Waals surface area contributed by atoms with E-state index in [0.717, 1.165) is 61.0 Å². The average Bonchev–Trinajstić information content (AvgIpc) is 3.49. The van der Waals surface area contributed by atoms with Crippen LogP contribution in [0.1, 0.15) is 53.1 Å². The summed E-state index contributed by atoms with van der Waals surface area (Å²) in [5.41, 5.74) is 4.01. The van der Waals surface area contributed by atoms with Crippen LogP contribution in [0.4, 0.5) is 0 Å². The Morgan fingerprint density at radius 1 is 1.19 bits per heavy atom. The van der Waals surface area contributed by atoms with Crippen LogP contribution < -0.4 is 5.32 Å². The minimum Gasteiger partial charge on any atom is -0.342 e. The topological polar surface area (TPSA) is 50.2 Å². The zero-order chi connectivity index (χ0) is 18.8. The third-order valence-electron chi connectivity index (χ3n) is 6.02. The summed E-state index contributed by atoms with van der Waals surface area (Å²) in [6, 6.07) is 8.57. The lowest BCUT2D eigenvalue weighted by atomic mass is 10.0. The Hall–Kier alpha value is -2.14. The number of likely N-dealkylation sites (tertiary alicyclic amines) is 1. The fourth-order valence-electron chi connectivity index (χ4n) is 4.03. The molecule has 27 heavy (non-hydrogen) atoms. The summed E-state index contributed by atoms with van der Waals surface area (Å²) in [6.07, 6.45) is 6.71. The molecule has 1 aliphatic carbocycles. The molecular weight excluding hydrogens is 336 g/mol. The Morgan fingerprint density at radius 3 is 2.63 bits per heavy atom. The maximum Gasteiger partial charge on any atom is 0.255 e. The van der Waals surface area contributed by atoms with Crippen LogP contribution in [0.3, 0.4) is 0 Å². The Bertz CT molecular complexity index is 786. The molecule has 0 radical (unpaired) electrons. The van der Waals surface area contributed by atoms with E-state index in [4.69, 9.17) is 0 Å². The number of aryl methyl sites for hydroxylation is 1. The van der Waals surface area contributed by atoms with Crippen molar-refractivity contribution in [3.8, 4) is 0 Å². The summed E-state index contributed by atoms with van der Waals surface area (Å²) >= 11 is 0. The second kappa shape index (κ2) is 7.85. The normalized spacial score (nSPS) is 18.1. The minimum atomic E-state index is 0.177. The SMILES string of the molecule is Cc1cc(C(=O)N2CCC(NCC3CC3)CC2)c(C)n1Cc1ccccn1. The van der Waals surface area contributed by atoms with Gasteiger partial charge in [0.25, 0.3) is 5.91 Å². The second-order valence-corrected chi connectivity index (χ2v) is 8.11. The van der Waals surface area contributed by atoms with Crippen molar-refractivity contribution in [3.63, 3.8) is 0 Å². The van der Waals surface area contributed by atoms with E-state index in [1.54, 1.807) is 0 Å². The lowest BCUT2D eigenvalue weighted by Crippen LogP contribution is -2.45. The molecular formula is C22H30N4O. The van der Waals surface area contributed by atoms with Gasteiger partial charge in [-0.3, -0.25) is 9.78 Å². The molecule has 3 heterocycles. The molecule has 0 bridgehead atoms. The average molecular weight is 367 g/mol. The number of pyridine rings is 1. The van der Waals surface area contributed by atoms with Crippen molar-refractivity contribution in [1.29, 1.82) is 0 Å². The molecule has 5 nitrogen and oxygen atoms in total. The van der Waals surface area contributed by atoms with Crippen molar-refractivity contribution in [2.24, 2.45) is 5.92 Å². The highest BCUT2D eigenvalue weighted by Gasteiger charge is 2.27. The van der Waals surface area contributed by atoms with Gasteiger partial charge >= 0.3 is 0 Å². The maximum absolute atomic E-state index is 13.1. The smallest absolute Gasteiger partial charge is 0.255 e. The van der Waals surface area contributed by atoms with E-state index in [9.17, 15) is 4.79 Å². The van der Waals surface area contributed by atoms with E-state index in [0.29, 0.717) is 12.6 Å². The van der Waals surface area contributed by atoms with Crippen LogP contribution in [0, 0.1) is 19.8 Å². The van der Waals surface area contributed by atoms with Crippen LogP contribution in [0.5, 0.6) is 0 Å². The third-order valence-corrected chi connectivity index (χ3v) is 6.02. The van der Waals surface area contributed by atoms with Gasteiger partial charge in [0.15, 0.2) is 0 Å². The van der Waals surface area contributed by atoms with Crippen LogP contribution in [-0.4, -0.2) is 46.0 Å². The molecule has 1 aliphatic heterocycles. The van der Waals surface area contributed by atoms with Gasteiger partial charge < -0.3 is 14.8 Å². The van der Waals surface area contributed by atoms with E-state index in [2.05, 4.69) is 21.8 Å². The largest absolute Gasteiger partial charge is 0.342 e. The van der Waals surface area contributed by atoms with Crippen molar-refractivity contribution < 1.29 is 4.79 Å². The quantitative estimate of drug-likeness (QED) is 0.854. The number of rotatable bonds is 6. The number of nitrogens with zero attached hydrogens (tertiary/aromatic N) is 3. The van der Waals surface area contributed by atoms with Crippen molar-refractivity contribution in [1.82, 2.24) is 19.8 Å². The summed E-state index contributed by atoms with van der Waals surface area (Å²) in [6.45, 7) is 7.69. The van der Waals surface area contributed by atoms with Gasteiger partial charge in [0.05, 0.1) is 17.8 Å². The fraction of sp³-hybridized carbons (Fsp3) is 0.545. The maximum atomic E-state index is 13.1. The van der Waals surface area contributed by atoms with Crippen molar-refractivity contribution in [3.05, 3.63) is 53.1 Å². The molecule has 4 rings (SSSR count). The Balaban J connectivity index is 1.39. The number of nitrogens with one attached hydrogen (secondary N) is 1. The van der Waals surface area contributed by atoms with E-state index in [1.165, 1.54) is 12.8 Å². The molecule has 144 valence electrons. The molecule has 2 aliphatic rings. The Kier molecular flexibility index (Phi) is 5.30. The van der Waals surface area contributed by atoms with Crippen LogP contribution in [0.15, 0.2) is 30.5 Å². The lowest BCUT2D eigenvalue weighted by molar-refractivity contribution is 0.0704. The van der Waals surface area contributed by atoms with Crippen LogP contribution in [-0.2, 0) is 6.54 Å². The van der Waals surface area contributed by atoms with Gasteiger partial charge in [-0.05, 0) is 70.2 Å². The van der Waals surface area contributed by atoms with Gasteiger partial charge in [0.2, 0.25) is 0 Å². The number of carbonyl (C=O) groups is 1. The molecule has 0 atom stereocenters. The minimum absolute atomic E-state index is 0.177. The zero-order valence-electron chi connectivity index (χ0n) is 16.4. The van der Waals surface area contributed by atoms with Gasteiger partial charge in [-0.25, -0.2) is 0 Å². The van der Waals surface area contributed by atoms with Gasteiger partial charge in [-0.2, -0.15) is 0 Å². The van der Waals surface area contributed by atoms with Crippen molar-refractivity contribution in [2.45, 2.75) is 52.1 Å². The first kappa shape index (κ1) is 18.2. The number of hydrogen-bond acceptors (Lipinski definition) is 3. The predicted molar refractivity (Wildman–Crippen MR) is 107 cm³/mol. The summed E-state index contributed by atoms with van der Waals surface area (Å²) in [7, 11) is 0. The first-order valence-electron chi connectivity index (χ1n) is 10.2. The standard InChI is InChI=1S/C22H30N4O/c1-16-13-21(17(2)26(16)15-20-5-3-4-10-23-20)22(27)25-11-8-19(9-12-25)24-14-18-6-7-18/h3-5,10,13,18-19,24H,6-9,11-12,14-15H2,1-2H3. The first-order chi connectivity index (χ1) is 13.1. The van der Waals surface area contributed by atoms with Crippen LogP contribution >= 0.6 is 0 Å². The van der Waals surface area contributed by atoms with E-state index in [1.807, 2.05) is 42.3 Å². The Labute approximate surface area is 161 Å². The van der Waals surface area contributed by atoms with E-state index in [-0.39, 0.29) is 5.91 Å². The molecule has 2 aromatic heterocycles. The lowest BCUT2D eigenvalue weighted by Gasteiger charge is -2.32. The van der Waals surface area contributed by atoms with Gasteiger partial charge in [0, 0.05) is 36.7 Å². The molecule has 2 aromatic rings. The molecule has 0 aromatic carbocycles. The molecule has 1 N–H and O–H groups in total. The van der Waals surface area contributed by atoms with Crippen molar-refractivity contribution in [2.75, 3.05) is 19.6 Å². The number of piperidine rings is 1. The predicted octanol–water partition coefficient (Wildman–Crippen LogP) is 3.15. The second-order valence-electron chi connectivity index (χ2n) is 8.11. The van der Waals surface area contributed by atoms with E-state index >= 15 is 0 Å². The van der Waals surface area contributed by atoms with Crippen LogP contribution in [0.2, 0.25) is 0 Å². The van der Waals surface area contributed by atoms with Gasteiger partial charge in [-0.1, -0.05) is 6.07 Å². The monoisotopic (exact) mass is 366 g/mol. The molecule has 1 amide bonds. The highest BCUT2D eigenvalue weighted by atomic mass is 16.2. The summed E-state index contributed by atoms with van der Waals surface area (Å²) in [5.74, 6) is 1.09. The summed E-state index contributed by atoms with van der Waals surface area (Å²) in [5, 5.41) is 3.69. The summed E-state index contributed by atoms with van der Waals surface area (Å²) < 4.78 is 2.19. The fourth-order valence-corrected chi connectivity index (χ4v) is 4.03. The number of amides is 1. The van der Waals surface area contributed by atoms with E-state index < -0.39 is 0 Å². The molecule has 1 saturated heterocycles. The summed E-state index contributed by atoms with van der Waals surface area (Å²) in [4.78, 5) is 19.5. The highest BCUT2D eigenvalue weighted by Crippen LogP contribution is 2.28. The number of aromatic nitrogens is 2. The Morgan fingerprint density at radius 2 is 1.96 bits per heavy atom. The third kappa shape index (κ3) is 4.24. The number of hydrogen-bond donors (Lipinski definition) is 1. The van der Waals surface area contributed by atoms with Gasteiger partial charge in [0.1, 0.15) is 0 Å². The molecule has 0 spiro atoms. The zero-order valence-corrected chi connectivity index (χ0v) is 16.4. The molecule has 2 fully saturated rings. The molecule has 0 unspecified atom stereocenters. The van der Waals surface area contributed by atoms with Crippen LogP contribution in [0.25, 0.3) is 0 Å². The molecule has 5 heteroatoms. The highest BCUT2D eigenvalue weighted by molar-refractivity contribution is 5.95.